The van der Waals surface area contributed by atoms with Crippen molar-refractivity contribution in [1.82, 2.24) is 9.97 Å². The normalized spacial score (nSPS) is 19.8. The van der Waals surface area contributed by atoms with Gasteiger partial charge in [-0.05, 0) is 48.2 Å². The van der Waals surface area contributed by atoms with E-state index in [0.717, 1.165) is 28.2 Å². The zero-order valence-corrected chi connectivity index (χ0v) is 21.3. The van der Waals surface area contributed by atoms with Crippen LogP contribution in [-0.2, 0) is 14.4 Å². The first kappa shape index (κ1) is 26.8. The smallest absolute Gasteiger partial charge is 0.488 e. The number of aromatic amines is 2. The lowest BCUT2D eigenvalue weighted by Crippen LogP contribution is -2.58. The van der Waals surface area contributed by atoms with Crippen LogP contribution in [0.2, 0.25) is 0 Å². The molecule has 0 amide bonds. The van der Waals surface area contributed by atoms with Crippen LogP contribution in [0.15, 0.2) is 59.4 Å². The predicted octanol–water partition coefficient (Wildman–Crippen LogP) is 4.95. The first-order valence-electron chi connectivity index (χ1n) is 12.7. The summed E-state index contributed by atoms with van der Waals surface area (Å²) in [6.45, 7) is 0.964. The van der Waals surface area contributed by atoms with Gasteiger partial charge in [0.25, 0.3) is 5.56 Å². The summed E-state index contributed by atoms with van der Waals surface area (Å²) in [7, 11) is 1.53. The minimum absolute atomic E-state index is 0.0299. The third kappa shape index (κ3) is 5.94. The molecule has 11 heteroatoms. The second kappa shape index (κ2) is 10.7. The van der Waals surface area contributed by atoms with E-state index in [1.54, 1.807) is 12.1 Å². The van der Waals surface area contributed by atoms with E-state index in [1.807, 2.05) is 42.5 Å². The number of quaternary nitrogens is 1. The molecule has 8 nitrogen and oxygen atoms in total. The number of piperidine rings is 1. The number of hydrogen-bond acceptors (Lipinski definition) is 5. The molecule has 1 fully saturated rings. The molecule has 0 bridgehead atoms. The Morgan fingerprint density at radius 3 is 2.64 bits per heavy atom. The lowest BCUT2D eigenvalue weighted by molar-refractivity contribution is -1.09. The van der Waals surface area contributed by atoms with Crippen molar-refractivity contribution in [2.75, 3.05) is 40.0 Å². The first-order valence-corrected chi connectivity index (χ1v) is 12.7. The Balaban J connectivity index is 1.32. The summed E-state index contributed by atoms with van der Waals surface area (Å²) in [5, 5.41) is 1.71. The number of aromatic nitrogens is 2. The van der Waals surface area contributed by atoms with E-state index in [9.17, 15) is 22.8 Å². The standard InChI is InChI=1S/C28H28F3N3O5/c1-37-17-18-5-4-10-34(16-18,39-27(36)28(29,30)31)11-12-38-21-8-9-24-20(13-21)15-25(32-24)22-14-19-6-2-3-7-23(19)33-26(22)35/h2-3,6-9,13-15,18,32H,4-5,10-12,16-17H2,1H3/p+1. The number of para-hydroxylation sites is 1. The average Bonchev–Trinajstić information content (AvgIpc) is 3.31. The highest BCUT2D eigenvalue weighted by Gasteiger charge is 2.49. The third-order valence-corrected chi connectivity index (χ3v) is 7.08. The number of methoxy groups -OCH3 is 1. The van der Waals surface area contributed by atoms with E-state index in [2.05, 4.69) is 9.97 Å². The topological polar surface area (TPSA) is 93.4 Å². The Bertz CT molecular complexity index is 1550. The number of benzene rings is 2. The number of carbonyl (C=O) groups excluding carboxylic acids is 1. The van der Waals surface area contributed by atoms with Gasteiger partial charge in [0.05, 0.1) is 17.9 Å². The number of halogens is 3. The fraction of sp³-hybridized carbons (Fsp3) is 0.357. The van der Waals surface area contributed by atoms with Gasteiger partial charge in [-0.2, -0.15) is 13.2 Å². The van der Waals surface area contributed by atoms with Gasteiger partial charge in [-0.15, -0.1) is 4.65 Å². The quantitative estimate of drug-likeness (QED) is 0.306. The molecule has 2 aromatic carbocycles. The van der Waals surface area contributed by atoms with Gasteiger partial charge in [0, 0.05) is 35.9 Å². The van der Waals surface area contributed by atoms with Crippen molar-refractivity contribution in [3.8, 4) is 17.0 Å². The fourth-order valence-electron chi connectivity index (χ4n) is 5.28. The summed E-state index contributed by atoms with van der Waals surface area (Å²) in [6, 6.07) is 16.5. The second-order valence-electron chi connectivity index (χ2n) is 9.91. The number of nitrogens with zero attached hydrogens (tertiary/aromatic N) is 1. The largest absolute Gasteiger partial charge is 0.497 e. The van der Waals surface area contributed by atoms with Crippen molar-refractivity contribution in [3.05, 3.63) is 65.0 Å². The van der Waals surface area contributed by atoms with Gasteiger partial charge in [-0.25, -0.2) is 4.79 Å². The SMILES string of the molecule is COCC1CCC[N+](CCOc2ccc3[nH]c(-c4cc5ccccc5[nH]c4=O)cc3c2)(OC(=O)C(F)(F)F)C1. The number of alkyl halides is 3. The monoisotopic (exact) mass is 544 g/mol. The third-order valence-electron chi connectivity index (χ3n) is 7.08. The number of likely N-dealkylation sites (tertiary alicyclic amines) is 1. The van der Waals surface area contributed by atoms with Gasteiger partial charge >= 0.3 is 12.1 Å². The molecule has 1 saturated heterocycles. The Kier molecular flexibility index (Phi) is 7.37. The molecule has 0 spiro atoms. The molecule has 2 unspecified atom stereocenters. The molecule has 0 saturated carbocycles. The molecule has 4 aromatic rings. The number of hydroxylamine groups is 3. The molecule has 3 heterocycles. The zero-order valence-electron chi connectivity index (χ0n) is 21.3. The van der Waals surface area contributed by atoms with E-state index in [-0.39, 0.29) is 37.7 Å². The summed E-state index contributed by atoms with van der Waals surface area (Å²) in [5.41, 5.74) is 2.48. The molecular weight excluding hydrogens is 515 g/mol. The second-order valence-corrected chi connectivity index (χ2v) is 9.91. The maximum atomic E-state index is 13.0. The highest BCUT2D eigenvalue weighted by Crippen LogP contribution is 2.30. The molecule has 5 rings (SSSR count). The van der Waals surface area contributed by atoms with Crippen LogP contribution in [0.25, 0.3) is 33.1 Å². The Morgan fingerprint density at radius 2 is 1.85 bits per heavy atom. The minimum Gasteiger partial charge on any atom is -0.488 e. The first-order chi connectivity index (χ1) is 18.7. The Labute approximate surface area is 221 Å². The highest BCUT2D eigenvalue weighted by molar-refractivity contribution is 5.89. The maximum absolute atomic E-state index is 13.0. The number of H-pyrrole nitrogens is 2. The van der Waals surface area contributed by atoms with Crippen molar-refractivity contribution in [2.45, 2.75) is 19.0 Å². The maximum Gasteiger partial charge on any atom is 0.497 e. The fourth-order valence-corrected chi connectivity index (χ4v) is 5.28. The number of nitrogens with one attached hydrogen (secondary N) is 2. The zero-order chi connectivity index (χ0) is 27.6. The number of pyridine rings is 1. The van der Waals surface area contributed by atoms with Crippen molar-refractivity contribution in [1.29, 1.82) is 0 Å². The lowest BCUT2D eigenvalue weighted by atomic mass is 9.98. The average molecular weight is 545 g/mol. The van der Waals surface area contributed by atoms with Crippen LogP contribution in [0.3, 0.4) is 0 Å². The molecule has 2 aromatic heterocycles. The molecule has 0 aliphatic carbocycles. The van der Waals surface area contributed by atoms with Crippen molar-refractivity contribution < 1.29 is 36.9 Å². The summed E-state index contributed by atoms with van der Waals surface area (Å²) in [6.07, 6.45) is -3.69. The van der Waals surface area contributed by atoms with E-state index < -0.39 is 16.8 Å². The number of fused-ring (bicyclic) bond motifs is 2. The van der Waals surface area contributed by atoms with Crippen LogP contribution in [0.5, 0.6) is 5.75 Å². The molecule has 1 aliphatic heterocycles. The summed E-state index contributed by atoms with van der Waals surface area (Å²) >= 11 is 0. The van der Waals surface area contributed by atoms with Crippen molar-refractivity contribution >= 4 is 27.8 Å². The summed E-state index contributed by atoms with van der Waals surface area (Å²) in [4.78, 5) is 35.6. The highest BCUT2D eigenvalue weighted by atomic mass is 19.4. The number of carbonyl (C=O) groups is 1. The van der Waals surface area contributed by atoms with E-state index in [1.165, 1.54) is 7.11 Å². The predicted molar refractivity (Wildman–Crippen MR) is 139 cm³/mol. The molecule has 2 N–H and O–H groups in total. The van der Waals surface area contributed by atoms with Gasteiger partial charge in [0.15, 0.2) is 6.54 Å². The van der Waals surface area contributed by atoms with Gasteiger partial charge in [0.2, 0.25) is 0 Å². The van der Waals surface area contributed by atoms with E-state index in [0.29, 0.717) is 30.0 Å². The van der Waals surface area contributed by atoms with Crippen LogP contribution >= 0.6 is 0 Å². The van der Waals surface area contributed by atoms with E-state index in [4.69, 9.17) is 14.3 Å². The molecule has 206 valence electrons. The van der Waals surface area contributed by atoms with Crippen LogP contribution in [0, 0.1) is 5.92 Å². The van der Waals surface area contributed by atoms with Crippen molar-refractivity contribution in [3.63, 3.8) is 0 Å². The van der Waals surface area contributed by atoms with Gasteiger partial charge in [0.1, 0.15) is 25.4 Å². The van der Waals surface area contributed by atoms with E-state index >= 15 is 0 Å². The molecule has 0 radical (unpaired) electrons. The lowest BCUT2D eigenvalue weighted by Gasteiger charge is -2.40. The molecule has 1 aliphatic rings. The van der Waals surface area contributed by atoms with Crippen LogP contribution in [0.1, 0.15) is 12.8 Å². The Hall–Kier alpha value is -3.83. The molecule has 39 heavy (non-hydrogen) atoms. The molecule has 2 atom stereocenters. The molecular formula is C28H29F3N3O5+. The summed E-state index contributed by atoms with van der Waals surface area (Å²) in [5.74, 6) is -1.73. The van der Waals surface area contributed by atoms with Gasteiger partial charge < -0.3 is 19.4 Å². The van der Waals surface area contributed by atoms with Crippen LogP contribution in [-0.4, -0.2) is 66.7 Å². The Morgan fingerprint density at radius 1 is 1.05 bits per heavy atom. The van der Waals surface area contributed by atoms with Gasteiger partial charge in [-0.1, -0.05) is 18.2 Å². The van der Waals surface area contributed by atoms with Crippen LogP contribution in [0.4, 0.5) is 13.2 Å². The van der Waals surface area contributed by atoms with Crippen molar-refractivity contribution in [2.24, 2.45) is 5.92 Å². The number of rotatable bonds is 8. The minimum atomic E-state index is -5.08. The number of ether oxygens (including phenoxy) is 2. The summed E-state index contributed by atoms with van der Waals surface area (Å²) < 4.78 is 49.7. The van der Waals surface area contributed by atoms with Gasteiger partial charge in [-0.3, -0.25) is 9.63 Å². The van der Waals surface area contributed by atoms with Crippen LogP contribution < -0.4 is 10.3 Å². The number of hydrogen-bond donors (Lipinski definition) is 2.